The molecule has 0 N–H and O–H groups in total. The molecule has 2 atom stereocenters. The van der Waals surface area contributed by atoms with Crippen LogP contribution in [0.2, 0.25) is 0 Å². The fourth-order valence-electron chi connectivity index (χ4n) is 5.31. The van der Waals surface area contributed by atoms with Crippen molar-refractivity contribution in [3.05, 3.63) is 95.1 Å². The molecule has 0 aliphatic carbocycles. The van der Waals surface area contributed by atoms with Crippen molar-refractivity contribution in [2.45, 2.75) is 54.5 Å². The van der Waals surface area contributed by atoms with Gasteiger partial charge in [-0.15, -0.1) is 11.8 Å². The number of nitrogens with zero attached hydrogens (tertiary/aromatic N) is 2. The smallest absolute Gasteiger partial charge is 0.338 e. The molecule has 5 rings (SSSR count). The Morgan fingerprint density at radius 3 is 2.43 bits per heavy atom. The lowest BCUT2D eigenvalue weighted by atomic mass is 9.98. The highest BCUT2D eigenvalue weighted by molar-refractivity contribution is 7.98. The zero-order valence-corrected chi connectivity index (χ0v) is 21.4. The van der Waals surface area contributed by atoms with Crippen LogP contribution in [0.15, 0.2) is 77.7 Å². The predicted octanol–water partition coefficient (Wildman–Crippen LogP) is 5.85. The highest BCUT2D eigenvalue weighted by Gasteiger charge is 2.44. The minimum atomic E-state index is -0.344. The second-order valence-corrected chi connectivity index (χ2v) is 10.4. The highest BCUT2D eigenvalue weighted by atomic mass is 32.2. The first kappa shape index (κ1) is 24.9. The second kappa shape index (κ2) is 11.1. The van der Waals surface area contributed by atoms with Gasteiger partial charge in [0.15, 0.2) is 0 Å². The lowest BCUT2D eigenvalue weighted by Gasteiger charge is -2.39. The van der Waals surface area contributed by atoms with Crippen LogP contribution in [0.3, 0.4) is 0 Å². The van der Waals surface area contributed by atoms with Gasteiger partial charge in [0.05, 0.1) is 24.3 Å². The van der Waals surface area contributed by atoms with Crippen LogP contribution in [0.5, 0.6) is 5.75 Å². The van der Waals surface area contributed by atoms with E-state index in [-0.39, 0.29) is 30.1 Å². The van der Waals surface area contributed by atoms with E-state index in [0.29, 0.717) is 28.2 Å². The maximum absolute atomic E-state index is 13.4. The van der Waals surface area contributed by atoms with Crippen LogP contribution in [0, 0.1) is 11.3 Å². The van der Waals surface area contributed by atoms with Gasteiger partial charge in [-0.05, 0) is 60.9 Å². The van der Waals surface area contributed by atoms with Gasteiger partial charge >= 0.3 is 5.97 Å². The summed E-state index contributed by atoms with van der Waals surface area (Å²) in [4.78, 5) is 28.4. The Bertz CT molecular complexity index is 1320. The van der Waals surface area contributed by atoms with Gasteiger partial charge in [0.25, 0.3) is 5.91 Å². The summed E-state index contributed by atoms with van der Waals surface area (Å²) >= 11 is 1.57. The van der Waals surface area contributed by atoms with Crippen molar-refractivity contribution in [2.75, 3.05) is 7.11 Å². The lowest BCUT2D eigenvalue weighted by Crippen LogP contribution is -2.49. The number of esters is 1. The Kier molecular flexibility index (Phi) is 7.47. The molecule has 37 heavy (non-hydrogen) atoms. The number of benzene rings is 3. The van der Waals surface area contributed by atoms with Gasteiger partial charge in [-0.1, -0.05) is 30.3 Å². The van der Waals surface area contributed by atoms with Crippen molar-refractivity contribution < 1.29 is 19.1 Å². The van der Waals surface area contributed by atoms with Gasteiger partial charge in [0.2, 0.25) is 0 Å². The fraction of sp³-hybridized carbons (Fsp3) is 0.300. The van der Waals surface area contributed by atoms with Crippen LogP contribution in [0.1, 0.15) is 57.5 Å². The number of fused-ring (bicyclic) bond motifs is 2. The Balaban J connectivity index is 1.20. The van der Waals surface area contributed by atoms with Crippen LogP contribution in [0.25, 0.3) is 0 Å². The summed E-state index contributed by atoms with van der Waals surface area (Å²) in [6.07, 6.45) is 3.62. The number of thioether (sulfide) groups is 1. The number of carbonyl (C=O) groups excluding carboxylic acids is 2. The molecule has 6 nitrogen and oxygen atoms in total. The molecule has 0 saturated carbocycles. The molecule has 1 amide bonds. The van der Waals surface area contributed by atoms with E-state index in [9.17, 15) is 9.59 Å². The Hall–Kier alpha value is -3.76. The lowest BCUT2D eigenvalue weighted by molar-refractivity contribution is 0.0358. The molecule has 188 valence electrons. The molecule has 0 aromatic heterocycles. The Morgan fingerprint density at radius 1 is 1.00 bits per heavy atom. The average Bonchev–Trinajstić information content (AvgIpc) is 3.21. The number of piperidine rings is 1. The number of hydrogen-bond donors (Lipinski definition) is 0. The summed E-state index contributed by atoms with van der Waals surface area (Å²) in [5.74, 6) is 1.13. The summed E-state index contributed by atoms with van der Waals surface area (Å²) in [6, 6.07) is 24.9. The van der Waals surface area contributed by atoms with Gasteiger partial charge in [-0.2, -0.15) is 5.26 Å². The zero-order chi connectivity index (χ0) is 25.8. The molecule has 2 saturated heterocycles. The van der Waals surface area contributed by atoms with Crippen LogP contribution >= 0.6 is 11.8 Å². The van der Waals surface area contributed by atoms with Crippen molar-refractivity contribution in [3.63, 3.8) is 0 Å². The van der Waals surface area contributed by atoms with Crippen molar-refractivity contribution in [1.29, 1.82) is 5.26 Å². The quantitative estimate of drug-likeness (QED) is 0.292. The molecule has 2 aliphatic rings. The number of methoxy groups -OCH3 is 1. The minimum Gasteiger partial charge on any atom is -0.490 e. The first-order valence-corrected chi connectivity index (χ1v) is 13.4. The Labute approximate surface area is 221 Å². The number of nitriles is 1. The maximum atomic E-state index is 13.4. The number of rotatable bonds is 7. The minimum absolute atomic E-state index is 0.0442. The van der Waals surface area contributed by atoms with E-state index in [4.69, 9.17) is 14.7 Å². The first-order chi connectivity index (χ1) is 18.1. The van der Waals surface area contributed by atoms with Crippen LogP contribution in [-0.2, 0) is 10.5 Å². The van der Waals surface area contributed by atoms with Crippen LogP contribution in [0.4, 0.5) is 0 Å². The van der Waals surface area contributed by atoms with Gasteiger partial charge in [-0.25, -0.2) is 4.79 Å². The predicted molar refractivity (Wildman–Crippen MR) is 142 cm³/mol. The number of hydrogen-bond acceptors (Lipinski definition) is 6. The third-order valence-electron chi connectivity index (χ3n) is 7.08. The summed E-state index contributed by atoms with van der Waals surface area (Å²) in [6.45, 7) is 0. The molecule has 0 spiro atoms. The van der Waals surface area contributed by atoms with Gasteiger partial charge in [-0.3, -0.25) is 4.79 Å². The van der Waals surface area contributed by atoms with E-state index >= 15 is 0 Å². The van der Waals surface area contributed by atoms with Crippen molar-refractivity contribution in [2.24, 2.45) is 0 Å². The van der Waals surface area contributed by atoms with E-state index in [1.165, 1.54) is 7.11 Å². The number of ether oxygens (including phenoxy) is 2. The van der Waals surface area contributed by atoms with Gasteiger partial charge in [0.1, 0.15) is 11.9 Å². The fourth-order valence-corrected chi connectivity index (χ4v) is 6.31. The Morgan fingerprint density at radius 2 is 1.73 bits per heavy atom. The highest BCUT2D eigenvalue weighted by Crippen LogP contribution is 2.38. The monoisotopic (exact) mass is 512 g/mol. The molecule has 2 heterocycles. The standard InChI is InChI=1S/C30H28N2O4S/c1-35-30(34)27-7-2-3-8-28(27)37-19-20-9-11-22(12-10-20)29(33)32-23-13-14-24(32)17-26(16-23)36-25-6-4-5-21(15-25)18-31/h2-12,15,23-24,26H,13-14,16-17,19H2,1H3/t23-,24-/m0/s1. The van der Waals surface area contributed by atoms with E-state index in [1.54, 1.807) is 30.0 Å². The van der Waals surface area contributed by atoms with E-state index in [0.717, 1.165) is 36.1 Å². The zero-order valence-electron chi connectivity index (χ0n) is 20.6. The summed E-state index contributed by atoms with van der Waals surface area (Å²) in [5.41, 5.74) is 2.92. The molecule has 3 aromatic carbocycles. The average molecular weight is 513 g/mol. The normalized spacial score (nSPS) is 20.2. The second-order valence-electron chi connectivity index (χ2n) is 9.42. The largest absolute Gasteiger partial charge is 0.490 e. The number of carbonyl (C=O) groups is 2. The van der Waals surface area contributed by atoms with Crippen LogP contribution in [-0.4, -0.2) is 42.1 Å². The van der Waals surface area contributed by atoms with Crippen molar-refractivity contribution >= 4 is 23.6 Å². The first-order valence-electron chi connectivity index (χ1n) is 12.4. The van der Waals surface area contributed by atoms with Crippen molar-refractivity contribution in [3.8, 4) is 11.8 Å². The van der Waals surface area contributed by atoms with E-state index in [1.807, 2.05) is 54.6 Å². The topological polar surface area (TPSA) is 79.6 Å². The molecular weight excluding hydrogens is 484 g/mol. The van der Waals surface area contributed by atoms with Gasteiger partial charge in [0, 0.05) is 41.1 Å². The van der Waals surface area contributed by atoms with Crippen molar-refractivity contribution in [1.82, 2.24) is 4.90 Å². The molecular formula is C30H28N2O4S. The third kappa shape index (κ3) is 5.50. The summed E-state index contributed by atoms with van der Waals surface area (Å²) in [7, 11) is 1.38. The summed E-state index contributed by atoms with van der Waals surface area (Å²) < 4.78 is 11.1. The molecule has 0 unspecified atom stereocenters. The van der Waals surface area contributed by atoms with E-state index < -0.39 is 0 Å². The molecule has 2 bridgehead atoms. The molecule has 3 aromatic rings. The molecule has 7 heteroatoms. The van der Waals surface area contributed by atoms with Gasteiger partial charge < -0.3 is 14.4 Å². The van der Waals surface area contributed by atoms with E-state index in [2.05, 4.69) is 11.0 Å². The molecule has 0 radical (unpaired) electrons. The molecule has 2 aliphatic heterocycles. The van der Waals surface area contributed by atoms with Crippen LogP contribution < -0.4 is 4.74 Å². The third-order valence-corrected chi connectivity index (χ3v) is 8.22. The number of amides is 1. The SMILES string of the molecule is COC(=O)c1ccccc1SCc1ccc(C(=O)N2[C@H]3CC[C@H]2CC(Oc2cccc(C#N)c2)C3)cc1. The maximum Gasteiger partial charge on any atom is 0.338 e. The summed E-state index contributed by atoms with van der Waals surface area (Å²) in [5, 5.41) is 9.14. The molecule has 2 fully saturated rings.